The molecule has 0 bridgehead atoms. The third kappa shape index (κ3) is 4.26. The normalized spacial score (nSPS) is 13.4. The van der Waals surface area contributed by atoms with Crippen molar-refractivity contribution in [3.8, 4) is 5.75 Å². The first kappa shape index (κ1) is 20.9. The molecule has 8 nitrogen and oxygen atoms in total. The minimum absolute atomic E-state index is 0.132. The number of halogens is 2. The van der Waals surface area contributed by atoms with Crippen molar-refractivity contribution < 1.29 is 18.7 Å². The molecule has 3 aromatic rings. The van der Waals surface area contributed by atoms with Crippen LogP contribution in [-0.2, 0) is 9.59 Å². The fourth-order valence-electron chi connectivity index (χ4n) is 3.06. The summed E-state index contributed by atoms with van der Waals surface area (Å²) in [6.45, 7) is 1.32. The molecule has 1 aliphatic rings. The fourth-order valence-corrected chi connectivity index (χ4v) is 3.39. The second kappa shape index (κ2) is 8.41. The number of hydrazone groups is 1. The largest absolute Gasteiger partial charge is 0.482 e. The number of aryl methyl sites for hydroxylation is 1. The van der Waals surface area contributed by atoms with Gasteiger partial charge in [-0.05, 0) is 42.8 Å². The molecule has 0 fully saturated rings. The molecule has 158 valence electrons. The van der Waals surface area contributed by atoms with E-state index in [2.05, 4.69) is 10.5 Å². The fraction of sp³-hybridized carbons (Fsp3) is 0.143. The molecule has 1 N–H and O–H groups in total. The Morgan fingerprint density at radius 2 is 2.06 bits per heavy atom. The molecule has 0 unspecified atom stereocenters. The number of anilines is 1. The van der Waals surface area contributed by atoms with E-state index in [1.807, 2.05) is 0 Å². The molecular weight excluding hydrogens is 445 g/mol. The van der Waals surface area contributed by atoms with Gasteiger partial charge in [0.05, 0.1) is 22.9 Å². The first-order valence-electron chi connectivity index (χ1n) is 9.10. The average Bonchev–Trinajstić information content (AvgIpc) is 2.73. The lowest BCUT2D eigenvalue weighted by molar-refractivity contribution is -0.125. The van der Waals surface area contributed by atoms with E-state index in [4.69, 9.17) is 32.4 Å². The average molecular weight is 460 g/mol. The third-order valence-electron chi connectivity index (χ3n) is 4.64. The first-order valence-corrected chi connectivity index (χ1v) is 9.85. The van der Waals surface area contributed by atoms with E-state index >= 15 is 0 Å². The smallest absolute Gasteiger partial charge is 0.265 e. The Morgan fingerprint density at radius 3 is 2.87 bits per heavy atom. The van der Waals surface area contributed by atoms with Crippen LogP contribution in [0.15, 0.2) is 50.9 Å². The van der Waals surface area contributed by atoms with Gasteiger partial charge in [0.15, 0.2) is 6.61 Å². The molecule has 0 aliphatic carbocycles. The van der Waals surface area contributed by atoms with Crippen LogP contribution in [0, 0.1) is 6.92 Å². The van der Waals surface area contributed by atoms with Gasteiger partial charge >= 0.3 is 0 Å². The van der Waals surface area contributed by atoms with Crippen molar-refractivity contribution in [2.75, 3.05) is 18.1 Å². The van der Waals surface area contributed by atoms with Crippen molar-refractivity contribution in [2.24, 2.45) is 5.10 Å². The van der Waals surface area contributed by atoms with Gasteiger partial charge in [-0.2, -0.15) is 5.10 Å². The van der Waals surface area contributed by atoms with E-state index in [-0.39, 0.29) is 24.1 Å². The number of benzene rings is 2. The number of rotatable bonds is 4. The lowest BCUT2D eigenvalue weighted by Gasteiger charge is -2.28. The Morgan fingerprint density at radius 1 is 1.26 bits per heavy atom. The molecule has 0 atom stereocenters. The van der Waals surface area contributed by atoms with Gasteiger partial charge in [0.1, 0.15) is 24.1 Å². The van der Waals surface area contributed by atoms with Gasteiger partial charge in [0, 0.05) is 10.0 Å². The number of fused-ring (bicyclic) bond motifs is 2. The van der Waals surface area contributed by atoms with Crippen LogP contribution in [0.1, 0.15) is 11.1 Å². The number of hydrogen-bond donors (Lipinski definition) is 1. The third-order valence-corrected chi connectivity index (χ3v) is 5.28. The highest BCUT2D eigenvalue weighted by Crippen LogP contribution is 2.34. The summed E-state index contributed by atoms with van der Waals surface area (Å²) in [5.74, 6) is -0.513. The molecule has 2 heterocycles. The van der Waals surface area contributed by atoms with Crippen LogP contribution in [0.5, 0.6) is 5.75 Å². The summed E-state index contributed by atoms with van der Waals surface area (Å²) in [5, 5.41) is 4.95. The Bertz CT molecular complexity index is 1300. The van der Waals surface area contributed by atoms with Gasteiger partial charge in [0.25, 0.3) is 11.8 Å². The Hall–Kier alpha value is -3.36. The number of nitrogens with zero attached hydrogens (tertiary/aromatic N) is 2. The maximum absolute atomic E-state index is 12.6. The maximum atomic E-state index is 12.6. The molecule has 1 aromatic heterocycles. The molecule has 1 aliphatic heterocycles. The summed E-state index contributed by atoms with van der Waals surface area (Å²) < 4.78 is 10.8. The minimum atomic E-state index is -0.568. The zero-order valence-corrected chi connectivity index (χ0v) is 17.7. The summed E-state index contributed by atoms with van der Waals surface area (Å²) in [7, 11) is 0. The van der Waals surface area contributed by atoms with Crippen molar-refractivity contribution in [3.05, 3.63) is 68.0 Å². The van der Waals surface area contributed by atoms with Crippen LogP contribution in [0.3, 0.4) is 0 Å². The number of amides is 2. The monoisotopic (exact) mass is 459 g/mol. The van der Waals surface area contributed by atoms with Crippen LogP contribution >= 0.6 is 23.2 Å². The number of hydrogen-bond acceptors (Lipinski definition) is 6. The van der Waals surface area contributed by atoms with Crippen LogP contribution in [0.2, 0.25) is 10.0 Å². The summed E-state index contributed by atoms with van der Waals surface area (Å²) in [6, 6.07) is 7.99. The van der Waals surface area contributed by atoms with Crippen LogP contribution in [0.4, 0.5) is 5.69 Å². The summed E-state index contributed by atoms with van der Waals surface area (Å²) in [4.78, 5) is 38.4. The lowest BCUT2D eigenvalue weighted by Crippen LogP contribution is -2.44. The van der Waals surface area contributed by atoms with Gasteiger partial charge in [-0.25, -0.2) is 5.43 Å². The Balaban J connectivity index is 1.49. The zero-order chi connectivity index (χ0) is 22.1. The van der Waals surface area contributed by atoms with Crippen molar-refractivity contribution in [3.63, 3.8) is 0 Å². The van der Waals surface area contributed by atoms with Gasteiger partial charge < -0.3 is 9.15 Å². The number of nitrogens with one attached hydrogen (secondary N) is 1. The Kier molecular flexibility index (Phi) is 5.67. The molecule has 2 amide bonds. The van der Waals surface area contributed by atoms with E-state index in [9.17, 15) is 14.4 Å². The lowest BCUT2D eigenvalue weighted by atomic mass is 10.1. The van der Waals surface area contributed by atoms with Crippen molar-refractivity contribution in [1.29, 1.82) is 0 Å². The molecule has 4 rings (SSSR count). The molecular formula is C21H15Cl2N3O5. The number of carbonyl (C=O) groups is 2. The van der Waals surface area contributed by atoms with Crippen molar-refractivity contribution >= 4 is 57.9 Å². The van der Waals surface area contributed by atoms with Gasteiger partial charge in [-0.1, -0.05) is 23.2 Å². The highest BCUT2D eigenvalue weighted by molar-refractivity contribution is 6.32. The van der Waals surface area contributed by atoms with E-state index in [0.29, 0.717) is 32.5 Å². The number of ether oxygens (including phenoxy) is 1. The van der Waals surface area contributed by atoms with Gasteiger partial charge in [-0.3, -0.25) is 19.3 Å². The molecule has 0 saturated carbocycles. The van der Waals surface area contributed by atoms with E-state index in [1.165, 1.54) is 29.5 Å². The second-order valence-electron chi connectivity index (χ2n) is 6.79. The molecule has 2 aromatic carbocycles. The van der Waals surface area contributed by atoms with E-state index < -0.39 is 11.8 Å². The van der Waals surface area contributed by atoms with Crippen LogP contribution < -0.4 is 20.5 Å². The molecule has 0 saturated heterocycles. The van der Waals surface area contributed by atoms with Crippen LogP contribution in [0.25, 0.3) is 11.0 Å². The molecule has 0 spiro atoms. The number of carbonyl (C=O) groups excluding carboxylic acids is 2. The minimum Gasteiger partial charge on any atom is -0.482 e. The summed E-state index contributed by atoms with van der Waals surface area (Å²) >= 11 is 12.1. The SMILES string of the molecule is Cc1cc2occ(/C=N/NC(=O)CN3C(=O)COc4ccc(Cl)cc43)c(=O)c2cc1Cl. The van der Waals surface area contributed by atoms with Crippen molar-refractivity contribution in [1.82, 2.24) is 5.43 Å². The topological polar surface area (TPSA) is 101 Å². The van der Waals surface area contributed by atoms with Crippen molar-refractivity contribution in [2.45, 2.75) is 6.92 Å². The quantitative estimate of drug-likeness (QED) is 0.476. The zero-order valence-electron chi connectivity index (χ0n) is 16.1. The first-order chi connectivity index (χ1) is 14.8. The predicted molar refractivity (Wildman–Crippen MR) is 117 cm³/mol. The molecule has 31 heavy (non-hydrogen) atoms. The van der Waals surface area contributed by atoms with E-state index in [1.54, 1.807) is 25.1 Å². The van der Waals surface area contributed by atoms with Crippen LogP contribution in [-0.4, -0.2) is 31.2 Å². The molecule has 10 heteroatoms. The highest BCUT2D eigenvalue weighted by Gasteiger charge is 2.27. The summed E-state index contributed by atoms with van der Waals surface area (Å²) in [6.07, 6.45) is 2.42. The molecule has 0 radical (unpaired) electrons. The summed E-state index contributed by atoms with van der Waals surface area (Å²) in [5.41, 5.74) is 3.67. The van der Waals surface area contributed by atoms with Gasteiger partial charge in [-0.15, -0.1) is 0 Å². The second-order valence-corrected chi connectivity index (χ2v) is 7.64. The van der Waals surface area contributed by atoms with Gasteiger partial charge in [0.2, 0.25) is 5.43 Å². The Labute approximate surface area is 186 Å². The maximum Gasteiger partial charge on any atom is 0.265 e. The van der Waals surface area contributed by atoms with E-state index in [0.717, 1.165) is 5.56 Å². The predicted octanol–water partition coefficient (Wildman–Crippen LogP) is 3.28. The highest BCUT2D eigenvalue weighted by atomic mass is 35.5. The standard InChI is InChI=1S/C21H15Cl2N3O5/c1-11-4-18-14(6-15(11)23)21(29)12(9-30-18)7-24-25-19(27)8-26-16-5-13(22)2-3-17(16)31-10-20(26)28/h2-7,9H,8,10H2,1H3,(H,25,27)/b24-7+.